The molecule has 1 aliphatic rings. The number of carbonyl (C=O) groups is 2. The van der Waals surface area contributed by atoms with Crippen molar-refractivity contribution < 1.29 is 23.5 Å². The summed E-state index contributed by atoms with van der Waals surface area (Å²) in [6.45, 7) is 1.55. The molecule has 0 fully saturated rings. The van der Waals surface area contributed by atoms with Crippen LogP contribution < -0.4 is 20.1 Å². The van der Waals surface area contributed by atoms with Crippen LogP contribution in [0.15, 0.2) is 65.3 Å². The van der Waals surface area contributed by atoms with Crippen molar-refractivity contribution in [3.63, 3.8) is 0 Å². The molecule has 1 aromatic heterocycles. The van der Waals surface area contributed by atoms with Gasteiger partial charge in [0.05, 0.1) is 24.5 Å². The summed E-state index contributed by atoms with van der Waals surface area (Å²) < 4.78 is 16.2. The standard InChI is InChI=1S/C22H20N2O5/c1-14(25)16-10-19-20(29-13-28-19)11-17(16)24-21(26)12-23-22(18-8-5-9-27-18)15-6-3-2-4-7-15/h2-11,22-23H,12-13H2,1H3,(H,24,26)/t22-/m0/s1. The number of ether oxygens (including phenoxy) is 2. The fourth-order valence-electron chi connectivity index (χ4n) is 3.21. The molecule has 0 unspecified atom stereocenters. The minimum Gasteiger partial charge on any atom is -0.467 e. The number of hydrogen-bond donors (Lipinski definition) is 2. The van der Waals surface area contributed by atoms with E-state index in [1.807, 2.05) is 36.4 Å². The van der Waals surface area contributed by atoms with Gasteiger partial charge in [-0.3, -0.25) is 14.9 Å². The third-order valence-corrected chi connectivity index (χ3v) is 4.59. The summed E-state index contributed by atoms with van der Waals surface area (Å²) in [5.74, 6) is 1.23. The summed E-state index contributed by atoms with van der Waals surface area (Å²) in [6, 6.07) is 16.3. The number of carbonyl (C=O) groups excluding carboxylic acids is 2. The Morgan fingerprint density at radius 3 is 2.48 bits per heavy atom. The molecule has 1 atom stereocenters. The Morgan fingerprint density at radius 1 is 1.03 bits per heavy atom. The number of nitrogens with one attached hydrogen (secondary N) is 2. The second-order valence-electron chi connectivity index (χ2n) is 6.60. The van der Waals surface area contributed by atoms with E-state index in [1.165, 1.54) is 6.92 Å². The summed E-state index contributed by atoms with van der Waals surface area (Å²) in [4.78, 5) is 24.6. The SMILES string of the molecule is CC(=O)c1cc2c(cc1NC(=O)CN[C@@H](c1ccccc1)c1ccco1)OCO2. The first-order chi connectivity index (χ1) is 14.1. The van der Waals surface area contributed by atoms with Crippen LogP contribution in [-0.2, 0) is 4.79 Å². The fraction of sp³-hybridized carbons (Fsp3) is 0.182. The Morgan fingerprint density at radius 2 is 1.79 bits per heavy atom. The van der Waals surface area contributed by atoms with Gasteiger partial charge < -0.3 is 19.2 Å². The smallest absolute Gasteiger partial charge is 0.238 e. The molecule has 2 aromatic carbocycles. The van der Waals surface area contributed by atoms with Crippen LogP contribution in [0.3, 0.4) is 0 Å². The highest BCUT2D eigenvalue weighted by atomic mass is 16.7. The average molecular weight is 392 g/mol. The van der Waals surface area contributed by atoms with Gasteiger partial charge in [0.1, 0.15) is 5.76 Å². The lowest BCUT2D eigenvalue weighted by molar-refractivity contribution is -0.115. The maximum Gasteiger partial charge on any atom is 0.238 e. The van der Waals surface area contributed by atoms with Crippen LogP contribution in [0.2, 0.25) is 0 Å². The van der Waals surface area contributed by atoms with E-state index in [1.54, 1.807) is 24.5 Å². The molecule has 0 spiro atoms. The van der Waals surface area contributed by atoms with Crippen LogP contribution in [0, 0.1) is 0 Å². The van der Waals surface area contributed by atoms with Crippen LogP contribution in [0.1, 0.15) is 34.6 Å². The molecule has 2 heterocycles. The molecule has 0 saturated heterocycles. The molecule has 148 valence electrons. The number of anilines is 1. The molecule has 7 heteroatoms. The number of ketones is 1. The van der Waals surface area contributed by atoms with Gasteiger partial charge >= 0.3 is 0 Å². The van der Waals surface area contributed by atoms with Crippen LogP contribution in [0.25, 0.3) is 0 Å². The first kappa shape index (κ1) is 18.8. The van der Waals surface area contributed by atoms with Crippen molar-refractivity contribution in [1.29, 1.82) is 0 Å². The monoisotopic (exact) mass is 392 g/mol. The van der Waals surface area contributed by atoms with Crippen molar-refractivity contribution >= 4 is 17.4 Å². The van der Waals surface area contributed by atoms with Gasteiger partial charge in [0.15, 0.2) is 17.3 Å². The van der Waals surface area contributed by atoms with Gasteiger partial charge in [-0.05, 0) is 30.7 Å². The van der Waals surface area contributed by atoms with Crippen molar-refractivity contribution in [3.05, 3.63) is 77.7 Å². The van der Waals surface area contributed by atoms with Gasteiger partial charge in [0.2, 0.25) is 12.7 Å². The number of Topliss-reactive ketones (excluding diaryl/α,β-unsaturated/α-hetero) is 1. The normalized spacial score (nSPS) is 13.1. The van der Waals surface area contributed by atoms with Crippen LogP contribution >= 0.6 is 0 Å². The van der Waals surface area contributed by atoms with E-state index in [4.69, 9.17) is 13.9 Å². The van der Waals surface area contributed by atoms with E-state index in [-0.39, 0.29) is 31.1 Å². The lowest BCUT2D eigenvalue weighted by atomic mass is 10.0. The molecule has 7 nitrogen and oxygen atoms in total. The maximum atomic E-state index is 12.6. The van der Waals surface area contributed by atoms with Crippen molar-refractivity contribution in [1.82, 2.24) is 5.32 Å². The second kappa shape index (κ2) is 8.20. The summed E-state index contributed by atoms with van der Waals surface area (Å²) in [5, 5.41) is 6.00. The highest BCUT2D eigenvalue weighted by Crippen LogP contribution is 2.37. The zero-order chi connectivity index (χ0) is 20.2. The Balaban J connectivity index is 1.49. The van der Waals surface area contributed by atoms with Gasteiger partial charge in [-0.25, -0.2) is 0 Å². The molecule has 0 bridgehead atoms. The summed E-state index contributed by atoms with van der Waals surface area (Å²) in [5.41, 5.74) is 1.74. The molecule has 2 N–H and O–H groups in total. The molecule has 3 aromatic rings. The number of furan rings is 1. The van der Waals surface area contributed by atoms with Crippen LogP contribution in [0.4, 0.5) is 5.69 Å². The lowest BCUT2D eigenvalue weighted by Crippen LogP contribution is -2.32. The van der Waals surface area contributed by atoms with Crippen LogP contribution in [-0.4, -0.2) is 25.0 Å². The lowest BCUT2D eigenvalue weighted by Gasteiger charge is -2.17. The zero-order valence-corrected chi connectivity index (χ0v) is 15.8. The average Bonchev–Trinajstić information content (AvgIpc) is 3.40. The topological polar surface area (TPSA) is 89.8 Å². The summed E-state index contributed by atoms with van der Waals surface area (Å²) in [6.07, 6.45) is 1.60. The second-order valence-corrected chi connectivity index (χ2v) is 6.60. The van der Waals surface area contributed by atoms with E-state index in [0.29, 0.717) is 28.5 Å². The van der Waals surface area contributed by atoms with Gasteiger partial charge in [0, 0.05) is 11.6 Å². The fourth-order valence-corrected chi connectivity index (χ4v) is 3.21. The minimum atomic E-state index is -0.293. The Hall–Kier alpha value is -3.58. The highest BCUT2D eigenvalue weighted by Gasteiger charge is 2.21. The van der Waals surface area contributed by atoms with Crippen molar-refractivity contribution in [2.24, 2.45) is 0 Å². The van der Waals surface area contributed by atoms with E-state index >= 15 is 0 Å². The van der Waals surface area contributed by atoms with Crippen molar-refractivity contribution in [2.45, 2.75) is 13.0 Å². The first-order valence-electron chi connectivity index (χ1n) is 9.18. The third-order valence-electron chi connectivity index (χ3n) is 4.59. The van der Waals surface area contributed by atoms with Crippen molar-refractivity contribution in [2.75, 3.05) is 18.7 Å². The summed E-state index contributed by atoms with van der Waals surface area (Å²) in [7, 11) is 0. The zero-order valence-electron chi connectivity index (χ0n) is 15.8. The molecule has 0 saturated carbocycles. The molecule has 29 heavy (non-hydrogen) atoms. The van der Waals surface area contributed by atoms with Gasteiger partial charge in [0.25, 0.3) is 0 Å². The van der Waals surface area contributed by atoms with E-state index in [9.17, 15) is 9.59 Å². The third kappa shape index (κ3) is 4.14. The predicted octanol–water partition coefficient (Wildman–Crippen LogP) is 3.53. The number of benzene rings is 2. The Bertz CT molecular complexity index is 1020. The van der Waals surface area contributed by atoms with Gasteiger partial charge in [-0.1, -0.05) is 30.3 Å². The molecule has 1 aliphatic heterocycles. The van der Waals surface area contributed by atoms with E-state index in [0.717, 1.165) is 5.56 Å². The minimum absolute atomic E-state index is 0.0199. The van der Waals surface area contributed by atoms with Gasteiger partial charge in [-0.15, -0.1) is 0 Å². The molecule has 0 aliphatic carbocycles. The maximum absolute atomic E-state index is 12.6. The van der Waals surface area contributed by atoms with E-state index < -0.39 is 0 Å². The van der Waals surface area contributed by atoms with Crippen LogP contribution in [0.5, 0.6) is 11.5 Å². The largest absolute Gasteiger partial charge is 0.467 e. The first-order valence-corrected chi connectivity index (χ1v) is 9.18. The number of fused-ring (bicyclic) bond motifs is 1. The number of rotatable bonds is 7. The predicted molar refractivity (Wildman–Crippen MR) is 106 cm³/mol. The van der Waals surface area contributed by atoms with Crippen molar-refractivity contribution in [3.8, 4) is 11.5 Å². The number of hydrogen-bond acceptors (Lipinski definition) is 6. The van der Waals surface area contributed by atoms with Gasteiger partial charge in [-0.2, -0.15) is 0 Å². The quantitative estimate of drug-likeness (QED) is 0.598. The Kier molecular flexibility index (Phi) is 5.31. The van der Waals surface area contributed by atoms with E-state index in [2.05, 4.69) is 10.6 Å². The molecular formula is C22H20N2O5. The molecule has 0 radical (unpaired) electrons. The molecular weight excluding hydrogens is 372 g/mol. The molecule has 4 rings (SSSR count). The summed E-state index contributed by atoms with van der Waals surface area (Å²) >= 11 is 0. The number of amides is 1. The molecule has 1 amide bonds. The Labute approximate surface area is 167 Å². The highest BCUT2D eigenvalue weighted by molar-refractivity contribution is 6.05.